The van der Waals surface area contributed by atoms with Crippen LogP contribution in [0.25, 0.3) is 22.2 Å². The van der Waals surface area contributed by atoms with Gasteiger partial charge in [0.1, 0.15) is 17.6 Å². The Labute approximate surface area is 168 Å². The van der Waals surface area contributed by atoms with Gasteiger partial charge in [-0.2, -0.15) is 5.26 Å². The first-order valence-electron chi connectivity index (χ1n) is 8.47. The number of alkyl halides is 3. The van der Waals surface area contributed by atoms with Gasteiger partial charge in [-0.25, -0.2) is 9.37 Å². The third-order valence-corrected chi connectivity index (χ3v) is 4.28. The van der Waals surface area contributed by atoms with Gasteiger partial charge >= 0.3 is 6.36 Å². The maximum atomic E-state index is 14.7. The summed E-state index contributed by atoms with van der Waals surface area (Å²) in [6, 6.07) is 6.27. The van der Waals surface area contributed by atoms with E-state index in [1.807, 2.05) is 0 Å². The summed E-state index contributed by atoms with van der Waals surface area (Å²) in [5, 5.41) is 12.2. The number of carbonyl (C=O) groups excluding carboxylic acids is 1. The molecule has 2 aromatic carbocycles. The molecular formula is C20H14F4N4O2. The number of amides is 1. The van der Waals surface area contributed by atoms with Crippen LogP contribution in [0, 0.1) is 17.1 Å². The van der Waals surface area contributed by atoms with Crippen LogP contribution >= 0.6 is 0 Å². The molecule has 1 N–H and O–H groups in total. The molecule has 6 nitrogen and oxygen atoms in total. The minimum absolute atomic E-state index is 0.0333. The molecule has 0 bridgehead atoms. The van der Waals surface area contributed by atoms with Gasteiger partial charge in [0, 0.05) is 30.8 Å². The van der Waals surface area contributed by atoms with Crippen LogP contribution in [0.15, 0.2) is 43.2 Å². The third-order valence-electron chi connectivity index (χ3n) is 4.28. The molecule has 10 heteroatoms. The zero-order chi connectivity index (χ0) is 22.1. The molecule has 0 saturated heterocycles. The Balaban J connectivity index is 2.17. The summed E-state index contributed by atoms with van der Waals surface area (Å²) < 4.78 is 57.2. The number of nitrogens with zero attached hydrogens (tertiary/aromatic N) is 3. The predicted octanol–water partition coefficient (Wildman–Crippen LogP) is 3.95. The van der Waals surface area contributed by atoms with Gasteiger partial charge in [0.05, 0.1) is 22.9 Å². The molecule has 1 aromatic heterocycles. The highest BCUT2D eigenvalue weighted by molar-refractivity contribution is 5.97. The van der Waals surface area contributed by atoms with Gasteiger partial charge in [0.25, 0.3) is 0 Å². The number of aryl methyl sites for hydroxylation is 1. The van der Waals surface area contributed by atoms with E-state index in [0.717, 1.165) is 18.2 Å². The number of halogens is 4. The normalized spacial score (nSPS) is 11.2. The Morgan fingerprint density at radius 3 is 2.70 bits per heavy atom. The second-order valence-corrected chi connectivity index (χ2v) is 6.23. The first kappa shape index (κ1) is 20.9. The molecule has 0 aliphatic heterocycles. The molecule has 154 valence electrons. The van der Waals surface area contributed by atoms with Crippen molar-refractivity contribution in [3.8, 4) is 22.9 Å². The van der Waals surface area contributed by atoms with E-state index in [-0.39, 0.29) is 28.8 Å². The van der Waals surface area contributed by atoms with Crippen molar-refractivity contribution in [2.75, 3.05) is 0 Å². The van der Waals surface area contributed by atoms with Gasteiger partial charge in [-0.15, -0.1) is 13.2 Å². The largest absolute Gasteiger partial charge is 0.573 e. The van der Waals surface area contributed by atoms with Crippen LogP contribution in [0.2, 0.25) is 0 Å². The van der Waals surface area contributed by atoms with Gasteiger partial charge in [0.2, 0.25) is 5.91 Å². The summed E-state index contributed by atoms with van der Waals surface area (Å²) in [6.07, 6.45) is -2.46. The summed E-state index contributed by atoms with van der Waals surface area (Å²) in [5.41, 5.74) is 1.52. The van der Waals surface area contributed by atoms with Crippen LogP contribution in [-0.4, -0.2) is 21.8 Å². The minimum atomic E-state index is -4.95. The molecule has 0 radical (unpaired) electrons. The smallest absolute Gasteiger partial charge is 0.406 e. The molecule has 0 unspecified atom stereocenters. The van der Waals surface area contributed by atoms with Crippen LogP contribution in [0.4, 0.5) is 17.6 Å². The average Bonchev–Trinajstić information content (AvgIpc) is 3.06. The van der Waals surface area contributed by atoms with Crippen molar-refractivity contribution in [3.63, 3.8) is 0 Å². The third kappa shape index (κ3) is 4.10. The molecule has 0 fully saturated rings. The lowest BCUT2D eigenvalue weighted by molar-refractivity contribution is -0.274. The first-order chi connectivity index (χ1) is 14.1. The van der Waals surface area contributed by atoms with Crippen LogP contribution in [0.1, 0.15) is 11.1 Å². The Bertz CT molecular complexity index is 1190. The summed E-state index contributed by atoms with van der Waals surface area (Å²) in [6.45, 7) is 3.31. The van der Waals surface area contributed by atoms with Crippen molar-refractivity contribution in [2.24, 2.45) is 7.05 Å². The van der Waals surface area contributed by atoms with Crippen molar-refractivity contribution in [2.45, 2.75) is 12.9 Å². The van der Waals surface area contributed by atoms with Crippen LogP contribution in [-0.2, 0) is 18.4 Å². The number of carbonyl (C=O) groups is 1. The summed E-state index contributed by atoms with van der Waals surface area (Å²) >= 11 is 0. The Hall–Kier alpha value is -3.87. The molecule has 0 saturated carbocycles. The minimum Gasteiger partial charge on any atom is -0.406 e. The Kier molecular flexibility index (Phi) is 5.47. The van der Waals surface area contributed by atoms with E-state index in [1.54, 1.807) is 11.6 Å². The monoisotopic (exact) mass is 418 g/mol. The van der Waals surface area contributed by atoms with Gasteiger partial charge in [-0.3, -0.25) is 4.79 Å². The fraction of sp³-hybridized carbons (Fsp3) is 0.150. The molecule has 0 aliphatic rings. The van der Waals surface area contributed by atoms with E-state index in [9.17, 15) is 27.6 Å². The van der Waals surface area contributed by atoms with Crippen molar-refractivity contribution in [1.29, 1.82) is 5.26 Å². The van der Waals surface area contributed by atoms with Gasteiger partial charge in [-0.05, 0) is 29.8 Å². The van der Waals surface area contributed by atoms with E-state index >= 15 is 0 Å². The molecule has 0 atom stereocenters. The number of imidazole rings is 1. The number of ether oxygens (including phenoxy) is 1. The average molecular weight is 418 g/mol. The number of fused-ring (bicyclic) bond motifs is 1. The summed E-state index contributed by atoms with van der Waals surface area (Å²) in [7, 11) is 1.64. The van der Waals surface area contributed by atoms with Crippen molar-refractivity contribution in [1.82, 2.24) is 14.9 Å². The maximum Gasteiger partial charge on any atom is 0.573 e. The quantitative estimate of drug-likeness (QED) is 0.503. The number of rotatable bonds is 5. The number of benzene rings is 2. The highest BCUT2D eigenvalue weighted by Crippen LogP contribution is 2.35. The van der Waals surface area contributed by atoms with E-state index < -0.39 is 23.8 Å². The molecule has 3 aromatic rings. The van der Waals surface area contributed by atoms with Gasteiger partial charge < -0.3 is 14.6 Å². The topological polar surface area (TPSA) is 79.9 Å². The number of hydrogen-bond acceptors (Lipinski definition) is 4. The molecule has 3 rings (SSSR count). The lowest BCUT2D eigenvalue weighted by Gasteiger charge is -2.13. The highest BCUT2D eigenvalue weighted by atomic mass is 19.4. The molecule has 0 spiro atoms. The maximum absolute atomic E-state index is 14.7. The van der Waals surface area contributed by atoms with Crippen molar-refractivity contribution >= 4 is 16.9 Å². The van der Waals surface area contributed by atoms with Crippen molar-refractivity contribution in [3.05, 3.63) is 60.2 Å². The van der Waals surface area contributed by atoms with E-state index in [4.69, 9.17) is 0 Å². The molecular weight excluding hydrogens is 404 g/mol. The van der Waals surface area contributed by atoms with E-state index in [0.29, 0.717) is 17.1 Å². The zero-order valence-electron chi connectivity index (χ0n) is 15.5. The molecule has 1 amide bonds. The second-order valence-electron chi connectivity index (χ2n) is 6.23. The van der Waals surface area contributed by atoms with Crippen molar-refractivity contribution < 1.29 is 27.1 Å². The molecule has 1 heterocycles. The fourth-order valence-electron chi connectivity index (χ4n) is 3.02. The lowest BCUT2D eigenvalue weighted by atomic mass is 9.96. The Morgan fingerprint density at radius 2 is 2.10 bits per heavy atom. The summed E-state index contributed by atoms with van der Waals surface area (Å²) in [5.74, 6) is -2.13. The number of nitriles is 1. The van der Waals surface area contributed by atoms with Gasteiger partial charge in [0.15, 0.2) is 0 Å². The predicted molar refractivity (Wildman–Crippen MR) is 99.5 cm³/mol. The van der Waals surface area contributed by atoms with E-state index in [2.05, 4.69) is 27.7 Å². The lowest BCUT2D eigenvalue weighted by Crippen LogP contribution is -2.20. The highest BCUT2D eigenvalue weighted by Gasteiger charge is 2.31. The van der Waals surface area contributed by atoms with Crippen LogP contribution < -0.4 is 10.1 Å². The Morgan fingerprint density at radius 1 is 1.37 bits per heavy atom. The summed E-state index contributed by atoms with van der Waals surface area (Å²) in [4.78, 5) is 15.7. The van der Waals surface area contributed by atoms with Gasteiger partial charge in [-0.1, -0.05) is 6.58 Å². The van der Waals surface area contributed by atoms with E-state index in [1.165, 1.54) is 12.4 Å². The molecule has 0 aliphatic carbocycles. The first-order valence-corrected chi connectivity index (χ1v) is 8.47. The van der Waals surface area contributed by atoms with Crippen LogP contribution in [0.5, 0.6) is 5.75 Å². The fourth-order valence-corrected chi connectivity index (χ4v) is 3.02. The zero-order valence-corrected chi connectivity index (χ0v) is 15.5. The number of nitrogens with one attached hydrogen (secondary N) is 1. The SMILES string of the molecule is C=CC(=O)NCc1cc(-c2ccc(OC(F)(F)F)cc2F)c2ncn(C)c2c1C#N. The second kappa shape index (κ2) is 7.87. The number of aromatic nitrogens is 2. The molecule has 30 heavy (non-hydrogen) atoms. The standard InChI is InChI=1S/C20H14F4N4O2/c1-3-17(29)26-9-11-6-14(18-19(15(11)8-25)28(2)10-27-18)13-5-4-12(7-16(13)21)30-20(22,23)24/h3-7,10H,1,9H2,2H3,(H,26,29). The van der Waals surface area contributed by atoms with Crippen LogP contribution in [0.3, 0.4) is 0 Å². The number of hydrogen-bond donors (Lipinski definition) is 1.